The van der Waals surface area contributed by atoms with Crippen LogP contribution in [-0.4, -0.2) is 31.6 Å². The van der Waals surface area contributed by atoms with Gasteiger partial charge in [0.2, 0.25) is 0 Å². The van der Waals surface area contributed by atoms with E-state index < -0.39 is 0 Å². The molecule has 0 spiro atoms. The van der Waals surface area contributed by atoms with Crippen molar-refractivity contribution < 1.29 is 4.39 Å². The Bertz CT molecular complexity index is 384. The largest absolute Gasteiger partial charge is 0.313 e. The van der Waals surface area contributed by atoms with Gasteiger partial charge in [-0.15, -0.1) is 0 Å². The van der Waals surface area contributed by atoms with Gasteiger partial charge in [0.1, 0.15) is 5.82 Å². The van der Waals surface area contributed by atoms with E-state index in [0.717, 1.165) is 19.0 Å². The average molecular weight is 278 g/mol. The zero-order chi connectivity index (χ0) is 14.4. The smallest absolute Gasteiger partial charge is 0.123 e. The lowest BCUT2D eigenvalue weighted by molar-refractivity contribution is 0.184. The maximum atomic E-state index is 13.0. The van der Waals surface area contributed by atoms with Gasteiger partial charge in [-0.2, -0.15) is 0 Å². The zero-order valence-corrected chi connectivity index (χ0v) is 12.7. The molecule has 1 aromatic carbocycles. The van der Waals surface area contributed by atoms with Crippen LogP contribution in [0.25, 0.3) is 0 Å². The van der Waals surface area contributed by atoms with E-state index in [9.17, 15) is 4.39 Å². The van der Waals surface area contributed by atoms with Crippen LogP contribution in [0.3, 0.4) is 0 Å². The lowest BCUT2D eigenvalue weighted by Crippen LogP contribution is -2.35. The van der Waals surface area contributed by atoms with Gasteiger partial charge in [0, 0.05) is 12.1 Å². The molecule has 112 valence electrons. The van der Waals surface area contributed by atoms with Crippen molar-refractivity contribution >= 4 is 0 Å². The number of benzene rings is 1. The molecular weight excluding hydrogens is 251 g/mol. The summed E-state index contributed by atoms with van der Waals surface area (Å²) in [6.45, 7) is 1.09. The number of rotatable bonds is 6. The number of halogens is 1. The zero-order valence-electron chi connectivity index (χ0n) is 12.7. The van der Waals surface area contributed by atoms with Crippen molar-refractivity contribution in [3.63, 3.8) is 0 Å². The third kappa shape index (κ3) is 4.29. The predicted molar refractivity (Wildman–Crippen MR) is 82.3 cm³/mol. The molecule has 3 heteroatoms. The summed E-state index contributed by atoms with van der Waals surface area (Å²) >= 11 is 0. The lowest BCUT2D eigenvalue weighted by Gasteiger charge is -2.32. The van der Waals surface area contributed by atoms with E-state index in [0.29, 0.717) is 6.04 Å². The standard InChI is InChI=1S/C17H27FN2/c1-19-17(14-8-10-15(18)11-9-14)12-13-20(2)16-6-4-3-5-7-16/h8-11,16-17,19H,3-7,12-13H2,1-2H3. The maximum Gasteiger partial charge on any atom is 0.123 e. The van der Waals surface area contributed by atoms with Crippen LogP contribution in [-0.2, 0) is 0 Å². The maximum absolute atomic E-state index is 13.0. The first-order chi connectivity index (χ1) is 9.70. The van der Waals surface area contributed by atoms with Gasteiger partial charge in [0.25, 0.3) is 0 Å². The highest BCUT2D eigenvalue weighted by molar-refractivity contribution is 5.19. The molecule has 20 heavy (non-hydrogen) atoms. The van der Waals surface area contributed by atoms with E-state index in [-0.39, 0.29) is 5.82 Å². The summed E-state index contributed by atoms with van der Waals surface area (Å²) in [5.74, 6) is -0.164. The minimum Gasteiger partial charge on any atom is -0.313 e. The van der Waals surface area contributed by atoms with Gasteiger partial charge in [-0.1, -0.05) is 31.4 Å². The molecule has 0 saturated heterocycles. The molecule has 2 rings (SSSR count). The van der Waals surface area contributed by atoms with Crippen molar-refractivity contribution in [3.8, 4) is 0 Å². The van der Waals surface area contributed by atoms with Gasteiger partial charge in [-0.25, -0.2) is 4.39 Å². The van der Waals surface area contributed by atoms with Crippen molar-refractivity contribution in [3.05, 3.63) is 35.6 Å². The second kappa shape index (κ2) is 7.75. The molecule has 0 heterocycles. The van der Waals surface area contributed by atoms with Crippen LogP contribution in [0.5, 0.6) is 0 Å². The first-order valence-electron chi connectivity index (χ1n) is 7.83. The van der Waals surface area contributed by atoms with Crippen molar-refractivity contribution in [1.82, 2.24) is 10.2 Å². The highest BCUT2D eigenvalue weighted by Crippen LogP contribution is 2.23. The fourth-order valence-electron chi connectivity index (χ4n) is 3.21. The van der Waals surface area contributed by atoms with Crippen molar-refractivity contribution in [1.29, 1.82) is 0 Å². The van der Waals surface area contributed by atoms with Crippen LogP contribution in [0, 0.1) is 5.82 Å². The molecule has 0 aromatic heterocycles. The summed E-state index contributed by atoms with van der Waals surface area (Å²) in [5, 5.41) is 3.35. The molecule has 0 radical (unpaired) electrons. The summed E-state index contributed by atoms with van der Waals surface area (Å²) in [6, 6.07) is 7.93. The first kappa shape index (κ1) is 15.5. The second-order valence-electron chi connectivity index (χ2n) is 5.95. The number of nitrogens with one attached hydrogen (secondary N) is 1. The van der Waals surface area contributed by atoms with Crippen LogP contribution >= 0.6 is 0 Å². The molecule has 0 aliphatic heterocycles. The third-order valence-electron chi connectivity index (χ3n) is 4.59. The Morgan fingerprint density at radius 2 is 1.85 bits per heavy atom. The summed E-state index contributed by atoms with van der Waals surface area (Å²) in [7, 11) is 4.22. The van der Waals surface area contributed by atoms with E-state index in [4.69, 9.17) is 0 Å². The van der Waals surface area contributed by atoms with E-state index in [2.05, 4.69) is 17.3 Å². The Balaban J connectivity index is 1.85. The van der Waals surface area contributed by atoms with Crippen LogP contribution in [0.4, 0.5) is 4.39 Å². The van der Waals surface area contributed by atoms with Crippen LogP contribution < -0.4 is 5.32 Å². The minimum absolute atomic E-state index is 0.164. The summed E-state index contributed by atoms with van der Waals surface area (Å²) in [5.41, 5.74) is 1.17. The fourth-order valence-corrected chi connectivity index (χ4v) is 3.21. The molecule has 1 saturated carbocycles. The van der Waals surface area contributed by atoms with Crippen LogP contribution in [0.15, 0.2) is 24.3 Å². The van der Waals surface area contributed by atoms with Crippen LogP contribution in [0.1, 0.15) is 50.1 Å². The number of hydrogen-bond acceptors (Lipinski definition) is 2. The molecule has 1 aromatic rings. The second-order valence-corrected chi connectivity index (χ2v) is 5.95. The average Bonchev–Trinajstić information content (AvgIpc) is 2.50. The van der Waals surface area contributed by atoms with E-state index in [1.54, 1.807) is 12.1 Å². The highest BCUT2D eigenvalue weighted by Gasteiger charge is 2.19. The topological polar surface area (TPSA) is 15.3 Å². The molecule has 1 unspecified atom stereocenters. The van der Waals surface area contributed by atoms with E-state index >= 15 is 0 Å². The predicted octanol–water partition coefficient (Wildman–Crippen LogP) is 3.74. The molecule has 1 aliphatic carbocycles. The van der Waals surface area contributed by atoms with Gasteiger partial charge in [-0.3, -0.25) is 0 Å². The summed E-state index contributed by atoms with van der Waals surface area (Å²) in [6.07, 6.45) is 7.91. The number of hydrogen-bond donors (Lipinski definition) is 1. The highest BCUT2D eigenvalue weighted by atomic mass is 19.1. The molecule has 0 bridgehead atoms. The molecule has 1 N–H and O–H groups in total. The Morgan fingerprint density at radius 1 is 1.20 bits per heavy atom. The molecule has 1 atom stereocenters. The number of nitrogens with zero attached hydrogens (tertiary/aromatic N) is 1. The van der Waals surface area contributed by atoms with Gasteiger partial charge in [0.15, 0.2) is 0 Å². The summed E-state index contributed by atoms with van der Waals surface area (Å²) < 4.78 is 13.0. The first-order valence-corrected chi connectivity index (χ1v) is 7.83. The lowest BCUT2D eigenvalue weighted by atomic mass is 9.94. The Kier molecular flexibility index (Phi) is 5.99. The molecule has 0 amide bonds. The Hall–Kier alpha value is -0.930. The van der Waals surface area contributed by atoms with Gasteiger partial charge >= 0.3 is 0 Å². The van der Waals surface area contributed by atoms with Crippen LogP contribution in [0.2, 0.25) is 0 Å². The molecule has 1 fully saturated rings. The van der Waals surface area contributed by atoms with E-state index in [1.807, 2.05) is 19.2 Å². The minimum atomic E-state index is -0.164. The summed E-state index contributed by atoms with van der Waals surface area (Å²) in [4.78, 5) is 2.51. The Labute approximate surface area is 122 Å². The van der Waals surface area contributed by atoms with Gasteiger partial charge < -0.3 is 10.2 Å². The third-order valence-corrected chi connectivity index (χ3v) is 4.59. The van der Waals surface area contributed by atoms with Gasteiger partial charge in [0.05, 0.1) is 0 Å². The quantitative estimate of drug-likeness (QED) is 0.852. The fraction of sp³-hybridized carbons (Fsp3) is 0.647. The molecule has 1 aliphatic rings. The monoisotopic (exact) mass is 278 g/mol. The molecule has 2 nitrogen and oxygen atoms in total. The van der Waals surface area contributed by atoms with Crippen molar-refractivity contribution in [2.45, 2.75) is 50.6 Å². The van der Waals surface area contributed by atoms with E-state index in [1.165, 1.54) is 37.7 Å². The SMILES string of the molecule is CNC(CCN(C)C1CCCCC1)c1ccc(F)cc1. The van der Waals surface area contributed by atoms with Crippen molar-refractivity contribution in [2.24, 2.45) is 0 Å². The Morgan fingerprint density at radius 3 is 2.45 bits per heavy atom. The van der Waals surface area contributed by atoms with Crippen molar-refractivity contribution in [2.75, 3.05) is 20.6 Å². The van der Waals surface area contributed by atoms with Gasteiger partial charge in [-0.05, 0) is 57.6 Å². The normalized spacial score (nSPS) is 18.4. The molecular formula is C17H27FN2.